The van der Waals surface area contributed by atoms with Gasteiger partial charge < -0.3 is 10.6 Å². The van der Waals surface area contributed by atoms with Crippen molar-refractivity contribution in [3.05, 3.63) is 34.6 Å². The molecule has 1 aromatic rings. The SMILES string of the molecule is CCNC(=O)C(C)NCc1cc(F)ccc1Cl. The third-order valence-corrected chi connectivity index (χ3v) is 2.72. The Morgan fingerprint density at radius 2 is 2.24 bits per heavy atom. The van der Waals surface area contributed by atoms with Gasteiger partial charge in [0.2, 0.25) is 5.91 Å². The van der Waals surface area contributed by atoms with Gasteiger partial charge in [0.25, 0.3) is 0 Å². The van der Waals surface area contributed by atoms with Crippen LogP contribution in [0, 0.1) is 5.82 Å². The maximum absolute atomic E-state index is 13.0. The highest BCUT2D eigenvalue weighted by Gasteiger charge is 2.11. The predicted molar refractivity (Wildman–Crippen MR) is 66.4 cm³/mol. The number of hydrogen-bond donors (Lipinski definition) is 2. The first kappa shape index (κ1) is 13.9. The number of carbonyl (C=O) groups is 1. The summed E-state index contributed by atoms with van der Waals surface area (Å²) in [6, 6.07) is 3.83. The number of halogens is 2. The third kappa shape index (κ3) is 4.32. The Kier molecular flexibility index (Phi) is 5.38. The first-order chi connectivity index (χ1) is 8.04. The zero-order valence-electron chi connectivity index (χ0n) is 9.89. The normalized spacial score (nSPS) is 12.2. The Hall–Kier alpha value is -1.13. The van der Waals surface area contributed by atoms with Crippen LogP contribution in [0.25, 0.3) is 0 Å². The third-order valence-electron chi connectivity index (χ3n) is 2.35. The molecule has 0 spiro atoms. The Bertz CT molecular complexity index is 398. The van der Waals surface area contributed by atoms with Gasteiger partial charge in [-0.2, -0.15) is 0 Å². The van der Waals surface area contributed by atoms with E-state index in [9.17, 15) is 9.18 Å². The number of amides is 1. The topological polar surface area (TPSA) is 41.1 Å². The number of rotatable bonds is 5. The molecule has 0 aromatic heterocycles. The molecule has 1 atom stereocenters. The first-order valence-corrected chi connectivity index (χ1v) is 5.87. The average Bonchev–Trinajstić information content (AvgIpc) is 2.30. The summed E-state index contributed by atoms with van der Waals surface area (Å²) in [4.78, 5) is 11.4. The van der Waals surface area contributed by atoms with Crippen LogP contribution in [0.3, 0.4) is 0 Å². The first-order valence-electron chi connectivity index (χ1n) is 5.49. The lowest BCUT2D eigenvalue weighted by Gasteiger charge is -2.13. The standard InChI is InChI=1S/C12H16ClFN2O/c1-3-15-12(17)8(2)16-7-9-6-10(14)4-5-11(9)13/h4-6,8,16H,3,7H2,1-2H3,(H,15,17). The summed E-state index contributed by atoms with van der Waals surface area (Å²) in [6.07, 6.45) is 0. The number of benzene rings is 1. The van der Waals surface area contributed by atoms with E-state index >= 15 is 0 Å². The van der Waals surface area contributed by atoms with E-state index in [0.717, 1.165) is 0 Å². The van der Waals surface area contributed by atoms with Gasteiger partial charge in [0, 0.05) is 18.1 Å². The van der Waals surface area contributed by atoms with Crippen LogP contribution in [0.2, 0.25) is 5.02 Å². The zero-order valence-corrected chi connectivity index (χ0v) is 10.6. The summed E-state index contributed by atoms with van der Waals surface area (Å²) in [5, 5.41) is 6.18. The molecule has 1 amide bonds. The molecule has 0 aliphatic rings. The van der Waals surface area contributed by atoms with E-state index in [4.69, 9.17) is 11.6 Å². The maximum atomic E-state index is 13.0. The van der Waals surface area contributed by atoms with E-state index in [1.165, 1.54) is 18.2 Å². The average molecular weight is 259 g/mol. The van der Waals surface area contributed by atoms with Crippen LogP contribution in [-0.2, 0) is 11.3 Å². The molecule has 1 unspecified atom stereocenters. The van der Waals surface area contributed by atoms with Crippen molar-refractivity contribution in [2.75, 3.05) is 6.54 Å². The van der Waals surface area contributed by atoms with Crippen LogP contribution >= 0.6 is 11.6 Å². The van der Waals surface area contributed by atoms with Crippen molar-refractivity contribution in [1.82, 2.24) is 10.6 Å². The molecule has 5 heteroatoms. The predicted octanol–water partition coefficient (Wildman–Crippen LogP) is 2.09. The molecule has 0 radical (unpaired) electrons. The number of hydrogen-bond acceptors (Lipinski definition) is 2. The summed E-state index contributed by atoms with van der Waals surface area (Å²) in [5.41, 5.74) is 0.641. The van der Waals surface area contributed by atoms with Gasteiger partial charge in [-0.1, -0.05) is 11.6 Å². The minimum absolute atomic E-state index is 0.0833. The van der Waals surface area contributed by atoms with E-state index in [1.54, 1.807) is 6.92 Å². The molecular weight excluding hydrogens is 243 g/mol. The van der Waals surface area contributed by atoms with E-state index in [-0.39, 0.29) is 17.8 Å². The second-order valence-electron chi connectivity index (χ2n) is 3.73. The van der Waals surface area contributed by atoms with Crippen molar-refractivity contribution < 1.29 is 9.18 Å². The quantitative estimate of drug-likeness (QED) is 0.849. The Morgan fingerprint density at radius 1 is 1.53 bits per heavy atom. The molecule has 2 N–H and O–H groups in total. The Balaban J connectivity index is 2.55. The van der Waals surface area contributed by atoms with Gasteiger partial charge in [-0.25, -0.2) is 4.39 Å². The maximum Gasteiger partial charge on any atom is 0.236 e. The van der Waals surface area contributed by atoms with Gasteiger partial charge >= 0.3 is 0 Å². The fraction of sp³-hybridized carbons (Fsp3) is 0.417. The Morgan fingerprint density at radius 3 is 2.88 bits per heavy atom. The molecule has 0 heterocycles. The lowest BCUT2D eigenvalue weighted by Crippen LogP contribution is -2.41. The van der Waals surface area contributed by atoms with Gasteiger partial charge in [0.15, 0.2) is 0 Å². The van der Waals surface area contributed by atoms with Gasteiger partial charge in [0.1, 0.15) is 5.82 Å². The van der Waals surface area contributed by atoms with Crippen molar-refractivity contribution in [3.63, 3.8) is 0 Å². The molecule has 0 aliphatic heterocycles. The lowest BCUT2D eigenvalue weighted by atomic mass is 10.2. The molecule has 1 aromatic carbocycles. The van der Waals surface area contributed by atoms with E-state index < -0.39 is 0 Å². The summed E-state index contributed by atoms with van der Waals surface area (Å²) in [7, 11) is 0. The molecule has 0 bridgehead atoms. The molecule has 0 aliphatic carbocycles. The van der Waals surface area contributed by atoms with Gasteiger partial charge in [0.05, 0.1) is 6.04 Å². The highest BCUT2D eigenvalue weighted by Crippen LogP contribution is 2.16. The number of likely N-dealkylation sites (N-methyl/N-ethyl adjacent to an activating group) is 1. The van der Waals surface area contributed by atoms with Crippen molar-refractivity contribution in [2.24, 2.45) is 0 Å². The van der Waals surface area contributed by atoms with Crippen molar-refractivity contribution in [1.29, 1.82) is 0 Å². The summed E-state index contributed by atoms with van der Waals surface area (Å²) < 4.78 is 13.0. The highest BCUT2D eigenvalue weighted by atomic mass is 35.5. The Labute approximate surface area is 105 Å². The smallest absolute Gasteiger partial charge is 0.236 e. The molecular formula is C12H16ClFN2O. The van der Waals surface area contributed by atoms with Gasteiger partial charge in [-0.05, 0) is 37.6 Å². The van der Waals surface area contributed by atoms with E-state index in [2.05, 4.69) is 10.6 Å². The lowest BCUT2D eigenvalue weighted by molar-refractivity contribution is -0.122. The summed E-state index contributed by atoms with van der Waals surface area (Å²) in [6.45, 7) is 4.55. The minimum atomic E-state index is -0.339. The monoisotopic (exact) mass is 258 g/mol. The van der Waals surface area contributed by atoms with Gasteiger partial charge in [-0.15, -0.1) is 0 Å². The summed E-state index contributed by atoms with van der Waals surface area (Å²) >= 11 is 5.91. The molecule has 94 valence electrons. The van der Waals surface area contributed by atoms with Crippen molar-refractivity contribution in [2.45, 2.75) is 26.4 Å². The van der Waals surface area contributed by atoms with E-state index in [0.29, 0.717) is 23.7 Å². The molecule has 0 saturated heterocycles. The summed E-state index contributed by atoms with van der Waals surface area (Å²) in [5.74, 6) is -0.420. The second kappa shape index (κ2) is 6.57. The molecule has 3 nitrogen and oxygen atoms in total. The fourth-order valence-corrected chi connectivity index (χ4v) is 1.55. The highest BCUT2D eigenvalue weighted by molar-refractivity contribution is 6.31. The van der Waals surface area contributed by atoms with Crippen LogP contribution in [0.5, 0.6) is 0 Å². The second-order valence-corrected chi connectivity index (χ2v) is 4.14. The molecule has 0 saturated carbocycles. The molecule has 0 fully saturated rings. The molecule has 17 heavy (non-hydrogen) atoms. The van der Waals surface area contributed by atoms with Crippen LogP contribution in [0.4, 0.5) is 4.39 Å². The van der Waals surface area contributed by atoms with Crippen molar-refractivity contribution in [3.8, 4) is 0 Å². The van der Waals surface area contributed by atoms with Crippen LogP contribution in [-0.4, -0.2) is 18.5 Å². The molecule has 1 rings (SSSR count). The van der Waals surface area contributed by atoms with Crippen LogP contribution in [0.15, 0.2) is 18.2 Å². The number of nitrogens with one attached hydrogen (secondary N) is 2. The van der Waals surface area contributed by atoms with E-state index in [1.807, 2.05) is 6.92 Å². The van der Waals surface area contributed by atoms with Crippen LogP contribution in [0.1, 0.15) is 19.4 Å². The number of carbonyl (C=O) groups excluding carboxylic acids is 1. The van der Waals surface area contributed by atoms with Crippen molar-refractivity contribution >= 4 is 17.5 Å². The zero-order chi connectivity index (χ0) is 12.8. The minimum Gasteiger partial charge on any atom is -0.355 e. The largest absolute Gasteiger partial charge is 0.355 e. The fourth-order valence-electron chi connectivity index (χ4n) is 1.36. The van der Waals surface area contributed by atoms with Crippen LogP contribution < -0.4 is 10.6 Å². The van der Waals surface area contributed by atoms with Gasteiger partial charge in [-0.3, -0.25) is 4.79 Å².